The third-order valence-electron chi connectivity index (χ3n) is 3.97. The summed E-state index contributed by atoms with van der Waals surface area (Å²) in [5.41, 5.74) is 0.975. The standard InChI is InChI=1S/C14H22N8O/c1-15-14(16-9-13-17-11-18-20(13)2)22-6-4-21(5-7-22)10-12-3-8-23-19-12/h3,8,11H,4-7,9-10H2,1-2H3,(H,15,16). The van der Waals surface area contributed by atoms with Gasteiger partial charge in [0.25, 0.3) is 0 Å². The lowest BCUT2D eigenvalue weighted by Gasteiger charge is -2.36. The molecule has 0 aromatic carbocycles. The zero-order valence-electron chi connectivity index (χ0n) is 13.5. The molecule has 3 heterocycles. The SMILES string of the molecule is CN=C(NCc1ncnn1C)N1CCN(Cc2ccon2)CC1. The summed E-state index contributed by atoms with van der Waals surface area (Å²) < 4.78 is 6.64. The van der Waals surface area contributed by atoms with Gasteiger partial charge < -0.3 is 14.7 Å². The minimum Gasteiger partial charge on any atom is -0.364 e. The van der Waals surface area contributed by atoms with Crippen LogP contribution in [0.2, 0.25) is 0 Å². The van der Waals surface area contributed by atoms with E-state index in [0.29, 0.717) is 6.54 Å². The first-order valence-corrected chi connectivity index (χ1v) is 7.66. The molecule has 0 saturated carbocycles. The van der Waals surface area contributed by atoms with Crippen molar-refractivity contribution in [2.24, 2.45) is 12.0 Å². The number of aromatic nitrogens is 4. The van der Waals surface area contributed by atoms with Crippen LogP contribution in [0.25, 0.3) is 0 Å². The molecule has 1 saturated heterocycles. The zero-order chi connectivity index (χ0) is 16.1. The lowest BCUT2D eigenvalue weighted by Crippen LogP contribution is -2.52. The zero-order valence-corrected chi connectivity index (χ0v) is 13.5. The van der Waals surface area contributed by atoms with E-state index in [2.05, 4.69) is 35.3 Å². The number of aryl methyl sites for hydroxylation is 1. The van der Waals surface area contributed by atoms with Crippen LogP contribution < -0.4 is 5.32 Å². The van der Waals surface area contributed by atoms with Gasteiger partial charge in [-0.25, -0.2) is 4.98 Å². The average Bonchev–Trinajstić information content (AvgIpc) is 3.21. The molecule has 1 aliphatic heterocycles. The van der Waals surface area contributed by atoms with E-state index >= 15 is 0 Å². The van der Waals surface area contributed by atoms with Crippen LogP contribution >= 0.6 is 0 Å². The van der Waals surface area contributed by atoms with Crippen molar-refractivity contribution in [3.8, 4) is 0 Å². The maximum atomic E-state index is 4.88. The average molecular weight is 318 g/mol. The van der Waals surface area contributed by atoms with E-state index in [1.165, 1.54) is 0 Å². The lowest BCUT2D eigenvalue weighted by molar-refractivity contribution is 0.169. The second-order valence-corrected chi connectivity index (χ2v) is 5.45. The number of nitrogens with zero attached hydrogens (tertiary/aromatic N) is 7. The molecule has 9 heteroatoms. The van der Waals surface area contributed by atoms with Crippen molar-refractivity contribution in [1.82, 2.24) is 35.0 Å². The molecule has 0 radical (unpaired) electrons. The molecule has 23 heavy (non-hydrogen) atoms. The Balaban J connectivity index is 1.48. The van der Waals surface area contributed by atoms with E-state index in [4.69, 9.17) is 4.52 Å². The lowest BCUT2D eigenvalue weighted by atomic mass is 10.3. The topological polar surface area (TPSA) is 87.6 Å². The largest absolute Gasteiger partial charge is 0.364 e. The van der Waals surface area contributed by atoms with E-state index < -0.39 is 0 Å². The first-order valence-electron chi connectivity index (χ1n) is 7.66. The number of hydrogen-bond acceptors (Lipinski definition) is 6. The van der Waals surface area contributed by atoms with Crippen molar-refractivity contribution in [3.05, 3.63) is 30.2 Å². The summed E-state index contributed by atoms with van der Waals surface area (Å²) in [6, 6.07) is 1.91. The van der Waals surface area contributed by atoms with E-state index in [9.17, 15) is 0 Å². The van der Waals surface area contributed by atoms with Gasteiger partial charge in [-0.05, 0) is 0 Å². The molecule has 1 aliphatic rings. The summed E-state index contributed by atoms with van der Waals surface area (Å²) in [7, 11) is 3.69. The van der Waals surface area contributed by atoms with Crippen molar-refractivity contribution in [3.63, 3.8) is 0 Å². The second-order valence-electron chi connectivity index (χ2n) is 5.45. The monoisotopic (exact) mass is 318 g/mol. The fraction of sp³-hybridized carbons (Fsp3) is 0.571. The van der Waals surface area contributed by atoms with E-state index in [1.54, 1.807) is 24.3 Å². The molecule has 0 spiro atoms. The van der Waals surface area contributed by atoms with Crippen LogP contribution in [0.5, 0.6) is 0 Å². The number of rotatable bonds is 4. The fourth-order valence-electron chi connectivity index (χ4n) is 2.64. The van der Waals surface area contributed by atoms with Gasteiger partial charge in [-0.15, -0.1) is 0 Å². The smallest absolute Gasteiger partial charge is 0.194 e. The minimum atomic E-state index is 0.613. The molecular formula is C14H22N8O. The van der Waals surface area contributed by atoms with Crippen LogP contribution in [0, 0.1) is 0 Å². The predicted molar refractivity (Wildman–Crippen MR) is 84.6 cm³/mol. The van der Waals surface area contributed by atoms with E-state index in [0.717, 1.165) is 50.2 Å². The molecule has 0 aliphatic carbocycles. The van der Waals surface area contributed by atoms with Crippen LogP contribution in [0.1, 0.15) is 11.5 Å². The molecule has 124 valence electrons. The molecule has 1 N–H and O–H groups in total. The van der Waals surface area contributed by atoms with E-state index in [-0.39, 0.29) is 0 Å². The highest BCUT2D eigenvalue weighted by molar-refractivity contribution is 5.79. The van der Waals surface area contributed by atoms with Gasteiger partial charge in [0.05, 0.1) is 12.2 Å². The molecule has 2 aromatic heterocycles. The number of guanidine groups is 1. The first-order chi connectivity index (χ1) is 11.3. The van der Waals surface area contributed by atoms with Gasteiger partial charge >= 0.3 is 0 Å². The third-order valence-corrected chi connectivity index (χ3v) is 3.97. The van der Waals surface area contributed by atoms with Crippen molar-refractivity contribution >= 4 is 5.96 Å². The molecule has 2 aromatic rings. The normalized spacial score (nSPS) is 16.8. The van der Waals surface area contributed by atoms with Gasteiger partial charge in [0.15, 0.2) is 5.96 Å². The van der Waals surface area contributed by atoms with Gasteiger partial charge in [0.2, 0.25) is 0 Å². The Morgan fingerprint density at radius 1 is 1.35 bits per heavy atom. The first kappa shape index (κ1) is 15.5. The summed E-state index contributed by atoms with van der Waals surface area (Å²) in [6.07, 6.45) is 3.17. The summed E-state index contributed by atoms with van der Waals surface area (Å²) in [5.74, 6) is 1.78. The van der Waals surface area contributed by atoms with Crippen molar-refractivity contribution in [2.75, 3.05) is 33.2 Å². The van der Waals surface area contributed by atoms with Gasteiger partial charge in [0, 0.05) is 52.9 Å². The predicted octanol–water partition coefficient (Wildman–Crippen LogP) is -0.304. The maximum Gasteiger partial charge on any atom is 0.194 e. The minimum absolute atomic E-state index is 0.613. The van der Waals surface area contributed by atoms with Crippen molar-refractivity contribution in [2.45, 2.75) is 13.1 Å². The Bertz CT molecular complexity index is 627. The van der Waals surface area contributed by atoms with Gasteiger partial charge in [-0.1, -0.05) is 5.16 Å². The number of hydrogen-bond donors (Lipinski definition) is 1. The molecule has 1 fully saturated rings. The van der Waals surface area contributed by atoms with Crippen LogP contribution in [-0.2, 0) is 20.1 Å². The van der Waals surface area contributed by atoms with Gasteiger partial charge in [0.1, 0.15) is 18.4 Å². The summed E-state index contributed by atoms with van der Waals surface area (Å²) >= 11 is 0. The number of aliphatic imine (C=N–C) groups is 1. The second kappa shape index (κ2) is 7.23. The summed E-state index contributed by atoms with van der Waals surface area (Å²) in [6.45, 7) is 5.24. The summed E-state index contributed by atoms with van der Waals surface area (Å²) in [5, 5.41) is 11.4. The highest BCUT2D eigenvalue weighted by Crippen LogP contribution is 2.07. The molecule has 3 rings (SSSR count). The van der Waals surface area contributed by atoms with Gasteiger partial charge in [-0.3, -0.25) is 14.6 Å². The van der Waals surface area contributed by atoms with Crippen LogP contribution in [0.4, 0.5) is 0 Å². The third kappa shape index (κ3) is 3.86. The Morgan fingerprint density at radius 3 is 2.78 bits per heavy atom. The summed E-state index contributed by atoms with van der Waals surface area (Å²) in [4.78, 5) is 13.2. The highest BCUT2D eigenvalue weighted by atomic mass is 16.5. The van der Waals surface area contributed by atoms with Crippen LogP contribution in [0.15, 0.2) is 28.2 Å². The molecule has 9 nitrogen and oxygen atoms in total. The highest BCUT2D eigenvalue weighted by Gasteiger charge is 2.20. The fourth-order valence-corrected chi connectivity index (χ4v) is 2.64. The maximum absolute atomic E-state index is 4.88. The molecular weight excluding hydrogens is 296 g/mol. The molecule has 0 atom stereocenters. The Morgan fingerprint density at radius 2 is 2.17 bits per heavy atom. The number of piperazine rings is 1. The van der Waals surface area contributed by atoms with E-state index in [1.807, 2.05) is 13.1 Å². The molecule has 0 amide bonds. The van der Waals surface area contributed by atoms with Crippen molar-refractivity contribution < 1.29 is 4.52 Å². The quantitative estimate of drug-likeness (QED) is 0.611. The Labute approximate surface area is 135 Å². The Hall–Kier alpha value is -2.42. The van der Waals surface area contributed by atoms with Crippen LogP contribution in [0.3, 0.4) is 0 Å². The van der Waals surface area contributed by atoms with Crippen LogP contribution in [-0.4, -0.2) is 68.9 Å². The van der Waals surface area contributed by atoms with Gasteiger partial charge in [-0.2, -0.15) is 5.10 Å². The number of nitrogens with one attached hydrogen (secondary N) is 1. The molecule has 0 unspecified atom stereocenters. The Kier molecular flexibility index (Phi) is 4.86. The van der Waals surface area contributed by atoms with Crippen molar-refractivity contribution in [1.29, 1.82) is 0 Å². The molecule has 0 bridgehead atoms.